The van der Waals surface area contributed by atoms with Gasteiger partial charge in [0.25, 0.3) is 0 Å². The first-order valence-electron chi connectivity index (χ1n) is 20.2. The molecule has 0 spiro atoms. The zero-order valence-corrected chi connectivity index (χ0v) is 38.3. The highest BCUT2D eigenvalue weighted by Gasteiger charge is 2.42. The zero-order chi connectivity index (χ0) is 43.4. The summed E-state index contributed by atoms with van der Waals surface area (Å²) in [5.74, 6) is -0.680. The van der Waals surface area contributed by atoms with E-state index in [1.165, 1.54) is 16.1 Å². The molecule has 3 heterocycles. The lowest BCUT2D eigenvalue weighted by Crippen LogP contribution is -2.43. The van der Waals surface area contributed by atoms with Gasteiger partial charge in [0, 0.05) is 19.1 Å². The second-order valence-electron chi connectivity index (χ2n) is 14.9. The number of imide groups is 2. The van der Waals surface area contributed by atoms with Crippen molar-refractivity contribution in [3.05, 3.63) is 192 Å². The monoisotopic (exact) mass is 1050 g/mol. The first-order chi connectivity index (χ1) is 30.1. The number of nitrogens with zero attached hydrogens (tertiary/aromatic N) is 4. The second kappa shape index (κ2) is 21.4. The number of halogens is 2. The fourth-order valence-corrected chi connectivity index (χ4v) is 8.10. The minimum Gasteiger partial charge on any atom is -0.473 e. The molecule has 6 aromatic rings. The number of carbonyl (C=O) groups excluding carboxylic acids is 4. The molecule has 13 heteroatoms. The van der Waals surface area contributed by atoms with Gasteiger partial charge < -0.3 is 14.2 Å². The molecule has 316 valence electrons. The van der Waals surface area contributed by atoms with E-state index in [2.05, 4.69) is 55.1 Å². The molecule has 62 heavy (non-hydrogen) atoms. The summed E-state index contributed by atoms with van der Waals surface area (Å²) >= 11 is 4.45. The Kier molecular flexibility index (Phi) is 15.3. The third-order valence-corrected chi connectivity index (χ3v) is 12.1. The van der Waals surface area contributed by atoms with Crippen molar-refractivity contribution in [2.45, 2.75) is 57.2 Å². The Hall–Kier alpha value is -5.68. The van der Waals surface area contributed by atoms with Crippen LogP contribution < -0.4 is 4.74 Å². The maximum absolute atomic E-state index is 14.1. The predicted molar refractivity (Wildman–Crippen MR) is 250 cm³/mol. The van der Waals surface area contributed by atoms with Gasteiger partial charge in [0.05, 0.1) is 30.1 Å². The van der Waals surface area contributed by atoms with Crippen LogP contribution in [0.4, 0.5) is 9.59 Å². The van der Waals surface area contributed by atoms with E-state index in [0.717, 1.165) is 40.5 Å². The van der Waals surface area contributed by atoms with Crippen molar-refractivity contribution in [3.63, 3.8) is 0 Å². The van der Waals surface area contributed by atoms with E-state index >= 15 is 0 Å². The fraction of sp³-hybridized carbons (Fsp3) is 0.224. The van der Waals surface area contributed by atoms with Crippen molar-refractivity contribution in [1.82, 2.24) is 19.8 Å². The molecule has 2 aliphatic rings. The van der Waals surface area contributed by atoms with Crippen molar-refractivity contribution in [2.24, 2.45) is 0 Å². The van der Waals surface area contributed by atoms with E-state index in [0.29, 0.717) is 31.0 Å². The Morgan fingerprint density at radius 3 is 1.73 bits per heavy atom. The molecule has 2 saturated heterocycles. The summed E-state index contributed by atoms with van der Waals surface area (Å²) in [6.07, 6.45) is 1.95. The topological polar surface area (TPSA) is 128 Å². The molecule has 0 unspecified atom stereocenters. The maximum atomic E-state index is 14.1. The van der Waals surface area contributed by atoms with Crippen molar-refractivity contribution in [1.29, 1.82) is 0 Å². The average molecular weight is 1050 g/mol. The van der Waals surface area contributed by atoms with Crippen LogP contribution in [-0.4, -0.2) is 69.1 Å². The van der Waals surface area contributed by atoms with Crippen LogP contribution in [0.1, 0.15) is 45.0 Å². The van der Waals surface area contributed by atoms with Crippen LogP contribution in [0.15, 0.2) is 146 Å². The molecule has 0 radical (unpaired) electrons. The Labute approximate surface area is 388 Å². The maximum Gasteiger partial charge on any atom is 0.417 e. The standard InChI is InChI=1S/C31H28IN3O4.C18H16INO3/c1-21-28(33-20-34-29(21)38-18-23-10-6-3-7-11-23)17-27(24-12-14-25(32)15-13-24)30(36)35-26(19-39-31(35)37)16-22-8-4-2-5-9-22;19-15-8-6-14(7-9-15)11-17(21)20-16(12-23-18(20)22)10-13-4-2-1-3-5-13/h2-15,20,26-27H,16-19H2,1H3;1-9,16H,10-12H2/t26-,27-;16-/m00/s1. The first kappa shape index (κ1) is 44.4. The van der Waals surface area contributed by atoms with Crippen LogP contribution in [0.2, 0.25) is 0 Å². The number of benzene rings is 5. The Balaban J connectivity index is 0.000000213. The number of hydrogen-bond donors (Lipinski definition) is 0. The molecule has 0 aliphatic carbocycles. The molecule has 11 nitrogen and oxygen atoms in total. The summed E-state index contributed by atoms with van der Waals surface area (Å²) in [6.45, 7) is 2.70. The normalized spacial score (nSPS) is 16.2. The molecular weight excluding hydrogens is 1010 g/mol. The molecule has 5 aromatic carbocycles. The molecule has 8 rings (SSSR count). The molecule has 2 aliphatic heterocycles. The highest BCUT2D eigenvalue weighted by atomic mass is 127. The predicted octanol–water partition coefficient (Wildman–Crippen LogP) is 9.31. The number of cyclic esters (lactones) is 2. The summed E-state index contributed by atoms with van der Waals surface area (Å²) in [7, 11) is 0. The highest BCUT2D eigenvalue weighted by Crippen LogP contribution is 2.30. The van der Waals surface area contributed by atoms with Crippen molar-refractivity contribution < 1.29 is 33.4 Å². The molecule has 2 fully saturated rings. The largest absolute Gasteiger partial charge is 0.473 e. The summed E-state index contributed by atoms with van der Waals surface area (Å²) < 4.78 is 18.6. The van der Waals surface area contributed by atoms with Gasteiger partial charge in [-0.3, -0.25) is 9.59 Å². The summed E-state index contributed by atoms with van der Waals surface area (Å²) in [6, 6.07) is 44.4. The number of rotatable bonds is 13. The Bertz CT molecular complexity index is 2460. The van der Waals surface area contributed by atoms with Gasteiger partial charge in [-0.05, 0) is 117 Å². The SMILES string of the molecule is Cc1c(C[C@H](C(=O)N2C(=O)OC[C@@H]2Cc2ccccc2)c2ccc(I)cc2)ncnc1OCc1ccccc1.O=C(Cc1ccc(I)cc1)N1C(=O)OC[C@@H]1Cc1ccccc1. The van der Waals surface area contributed by atoms with Gasteiger partial charge in [0.15, 0.2) is 0 Å². The molecular formula is C49H44I2N4O7. The lowest BCUT2D eigenvalue weighted by Gasteiger charge is -2.26. The Morgan fingerprint density at radius 1 is 0.661 bits per heavy atom. The van der Waals surface area contributed by atoms with Gasteiger partial charge in [-0.1, -0.05) is 115 Å². The molecule has 4 amide bonds. The number of aromatic nitrogens is 2. The van der Waals surface area contributed by atoms with E-state index in [4.69, 9.17) is 14.2 Å². The van der Waals surface area contributed by atoms with E-state index in [1.54, 1.807) is 0 Å². The third-order valence-electron chi connectivity index (χ3n) is 10.7. The van der Waals surface area contributed by atoms with Gasteiger partial charge in [-0.2, -0.15) is 0 Å². The van der Waals surface area contributed by atoms with Crippen LogP contribution in [0, 0.1) is 14.1 Å². The number of hydrogen-bond acceptors (Lipinski definition) is 9. The fourth-order valence-electron chi connectivity index (χ4n) is 7.38. The highest BCUT2D eigenvalue weighted by molar-refractivity contribution is 14.1. The van der Waals surface area contributed by atoms with Crippen LogP contribution >= 0.6 is 45.2 Å². The summed E-state index contributed by atoms with van der Waals surface area (Å²) in [5, 5.41) is 0. The van der Waals surface area contributed by atoms with Crippen molar-refractivity contribution >= 4 is 69.2 Å². The van der Waals surface area contributed by atoms with Crippen LogP contribution in [0.5, 0.6) is 5.88 Å². The van der Waals surface area contributed by atoms with Crippen LogP contribution in [0.3, 0.4) is 0 Å². The van der Waals surface area contributed by atoms with E-state index in [1.807, 2.05) is 146 Å². The molecule has 0 saturated carbocycles. The van der Waals surface area contributed by atoms with E-state index in [-0.39, 0.29) is 50.0 Å². The average Bonchev–Trinajstić information content (AvgIpc) is 3.85. The van der Waals surface area contributed by atoms with Crippen molar-refractivity contribution in [3.8, 4) is 5.88 Å². The number of amides is 4. The molecule has 3 atom stereocenters. The van der Waals surface area contributed by atoms with Crippen LogP contribution in [-0.2, 0) is 51.4 Å². The lowest BCUT2D eigenvalue weighted by molar-refractivity contribution is -0.131. The van der Waals surface area contributed by atoms with Gasteiger partial charge in [-0.15, -0.1) is 0 Å². The third kappa shape index (κ3) is 11.6. The summed E-state index contributed by atoms with van der Waals surface area (Å²) in [5.41, 5.74) is 6.32. The summed E-state index contributed by atoms with van der Waals surface area (Å²) in [4.78, 5) is 62.8. The molecule has 0 N–H and O–H groups in total. The Morgan fingerprint density at radius 2 is 1.16 bits per heavy atom. The zero-order valence-electron chi connectivity index (χ0n) is 33.9. The van der Waals surface area contributed by atoms with Crippen molar-refractivity contribution in [2.75, 3.05) is 13.2 Å². The van der Waals surface area contributed by atoms with Gasteiger partial charge in [-0.25, -0.2) is 29.4 Å². The lowest BCUT2D eigenvalue weighted by atomic mass is 9.91. The van der Waals surface area contributed by atoms with E-state index in [9.17, 15) is 19.2 Å². The van der Waals surface area contributed by atoms with Gasteiger partial charge >= 0.3 is 12.2 Å². The van der Waals surface area contributed by atoms with Crippen LogP contribution in [0.25, 0.3) is 0 Å². The first-order valence-corrected chi connectivity index (χ1v) is 22.3. The second-order valence-corrected chi connectivity index (χ2v) is 17.4. The number of ether oxygens (including phenoxy) is 3. The minimum absolute atomic E-state index is 0.170. The number of carbonyl (C=O) groups is 4. The van der Waals surface area contributed by atoms with E-state index < -0.39 is 18.1 Å². The quantitative estimate of drug-likeness (QED) is 0.104. The minimum atomic E-state index is -0.638. The molecule has 1 aromatic heterocycles. The molecule has 0 bridgehead atoms. The van der Waals surface area contributed by atoms with Gasteiger partial charge in [0.1, 0.15) is 26.1 Å². The smallest absolute Gasteiger partial charge is 0.417 e. The van der Waals surface area contributed by atoms with Gasteiger partial charge in [0.2, 0.25) is 17.7 Å².